The van der Waals surface area contributed by atoms with E-state index in [2.05, 4.69) is 0 Å². The molecule has 0 spiro atoms. The molecule has 1 heterocycles. The minimum absolute atomic E-state index is 0.00150. The molecule has 3 aliphatic carbocycles. The maximum Gasteiger partial charge on any atom is 0.252 e. The van der Waals surface area contributed by atoms with Crippen LogP contribution in [0.25, 0.3) is 0 Å². The van der Waals surface area contributed by atoms with Gasteiger partial charge in [0.25, 0.3) is 5.91 Å². The molecule has 1 amide bonds. The van der Waals surface area contributed by atoms with Crippen molar-refractivity contribution in [1.29, 1.82) is 0 Å². The number of rotatable bonds is 3. The Morgan fingerprint density at radius 2 is 2.07 bits per heavy atom. The minimum Gasteiger partial charge on any atom is -0.632 e. The van der Waals surface area contributed by atoms with Crippen molar-refractivity contribution in [3.8, 4) is 5.75 Å². The number of nitrogens with two attached hydrogens (primary N) is 1. The van der Waals surface area contributed by atoms with Crippen molar-refractivity contribution in [2.75, 3.05) is 13.1 Å². The van der Waals surface area contributed by atoms with Gasteiger partial charge in [-0.05, 0) is 30.9 Å². The Morgan fingerprint density at radius 1 is 1.32 bits per heavy atom. The Bertz CT molecular complexity index is 897. The number of benzene rings is 1. The van der Waals surface area contributed by atoms with E-state index in [0.717, 1.165) is 18.4 Å². The molecule has 1 saturated heterocycles. The molecule has 2 saturated carbocycles. The summed E-state index contributed by atoms with van der Waals surface area (Å²) in [7, 11) is 0. The number of hydrogen-bond acceptors (Lipinski definition) is 5. The normalized spacial score (nSPS) is 39.2. The fourth-order valence-electron chi connectivity index (χ4n) is 6.33. The number of primary amides is 1. The van der Waals surface area contributed by atoms with E-state index in [1.54, 1.807) is 6.07 Å². The molecule has 0 aromatic heterocycles. The van der Waals surface area contributed by atoms with Crippen LogP contribution in [0.5, 0.6) is 5.75 Å². The number of quaternary nitrogens is 1. The molecule has 4 N–H and O–H groups in total. The maximum atomic E-state index is 13.9. The summed E-state index contributed by atoms with van der Waals surface area (Å²) >= 11 is 0. The Labute approximate surface area is 163 Å². The molecule has 7 heteroatoms. The lowest BCUT2D eigenvalue weighted by Crippen LogP contribution is -2.78. The van der Waals surface area contributed by atoms with E-state index in [4.69, 9.17) is 5.73 Å². The maximum absolute atomic E-state index is 13.9. The van der Waals surface area contributed by atoms with Gasteiger partial charge >= 0.3 is 0 Å². The van der Waals surface area contributed by atoms with Crippen molar-refractivity contribution >= 4 is 11.7 Å². The first kappa shape index (κ1) is 18.1. The van der Waals surface area contributed by atoms with Gasteiger partial charge in [-0.25, -0.2) is 0 Å². The van der Waals surface area contributed by atoms with Gasteiger partial charge in [-0.1, -0.05) is 6.07 Å². The van der Waals surface area contributed by atoms with Gasteiger partial charge in [-0.15, -0.1) is 0 Å². The van der Waals surface area contributed by atoms with E-state index in [0.29, 0.717) is 37.4 Å². The largest absolute Gasteiger partial charge is 0.632 e. The van der Waals surface area contributed by atoms with E-state index in [9.17, 15) is 25.0 Å². The SMILES string of the molecule is NC(=O)c1ccc2c(c1O)[C@]13CC[N+]([O-])(CC4CC4)[C@H](C2)C1(O)CCC(=O)C3. The first-order valence-corrected chi connectivity index (χ1v) is 10.2. The summed E-state index contributed by atoms with van der Waals surface area (Å²) in [5.74, 6) is -0.535. The number of hydroxylamine groups is 3. The third-order valence-electron chi connectivity index (χ3n) is 7.83. The summed E-state index contributed by atoms with van der Waals surface area (Å²) in [6.45, 7) is 0.828. The van der Waals surface area contributed by atoms with Gasteiger partial charge in [0, 0.05) is 42.6 Å². The monoisotopic (exact) mass is 386 g/mol. The highest BCUT2D eigenvalue weighted by Crippen LogP contribution is 2.61. The minimum atomic E-state index is -1.36. The molecule has 2 bridgehead atoms. The molecule has 1 aromatic carbocycles. The zero-order valence-electron chi connectivity index (χ0n) is 15.8. The van der Waals surface area contributed by atoms with Crippen molar-refractivity contribution in [2.24, 2.45) is 11.7 Å². The van der Waals surface area contributed by atoms with Crippen LogP contribution in [0.3, 0.4) is 0 Å². The van der Waals surface area contributed by atoms with E-state index >= 15 is 0 Å². The number of amides is 1. The van der Waals surface area contributed by atoms with Gasteiger partial charge in [0.1, 0.15) is 23.2 Å². The zero-order valence-corrected chi connectivity index (χ0v) is 15.8. The number of Topliss-reactive ketones (excluding diaryl/α,β-unsaturated/α-hetero) is 1. The highest BCUT2D eigenvalue weighted by Gasteiger charge is 2.69. The summed E-state index contributed by atoms with van der Waals surface area (Å²) in [6, 6.07) is 2.66. The molecular weight excluding hydrogens is 360 g/mol. The number of hydrogen-bond donors (Lipinski definition) is 3. The number of nitrogens with zero attached hydrogens (tertiary/aromatic N) is 1. The third kappa shape index (κ3) is 2.21. The molecule has 5 rings (SSSR count). The molecule has 2 unspecified atom stereocenters. The topological polar surface area (TPSA) is 124 Å². The van der Waals surface area contributed by atoms with E-state index in [1.807, 2.05) is 0 Å². The van der Waals surface area contributed by atoms with Crippen LogP contribution in [0.4, 0.5) is 0 Å². The molecule has 7 nitrogen and oxygen atoms in total. The molecule has 3 fully saturated rings. The fourth-order valence-corrected chi connectivity index (χ4v) is 6.33. The van der Waals surface area contributed by atoms with Crippen LogP contribution in [0, 0.1) is 11.1 Å². The van der Waals surface area contributed by atoms with Crippen LogP contribution >= 0.6 is 0 Å². The zero-order chi connectivity index (χ0) is 19.9. The van der Waals surface area contributed by atoms with E-state index in [-0.39, 0.29) is 36.4 Å². The lowest BCUT2D eigenvalue weighted by molar-refractivity contribution is -0.923. The predicted molar refractivity (Wildman–Crippen MR) is 100 cm³/mol. The molecule has 150 valence electrons. The standard InChI is InChI=1S/C21H26N2O5/c22-19(26)15-4-3-13-9-16-21(27)6-5-14(24)10-20(21,17(13)18(15)25)7-8-23(16,28)11-12-1-2-12/h3-4,12,16,25,27H,1-2,5-11H2,(H2,22,26)/t16-,20-,21?,23?/m1/s1. The predicted octanol–water partition coefficient (Wildman–Crippen LogP) is 1.27. The van der Waals surface area contributed by atoms with Gasteiger partial charge in [0.05, 0.1) is 18.7 Å². The van der Waals surface area contributed by atoms with E-state index < -0.39 is 27.6 Å². The van der Waals surface area contributed by atoms with Gasteiger partial charge < -0.3 is 25.8 Å². The van der Waals surface area contributed by atoms with Crippen LogP contribution in [-0.4, -0.2) is 51.3 Å². The average Bonchev–Trinajstić information content (AvgIpc) is 3.43. The molecule has 28 heavy (non-hydrogen) atoms. The van der Waals surface area contributed by atoms with Crippen molar-refractivity contribution in [3.05, 3.63) is 34.0 Å². The average molecular weight is 386 g/mol. The summed E-state index contributed by atoms with van der Waals surface area (Å²) < 4.78 is -0.422. The smallest absolute Gasteiger partial charge is 0.252 e. The van der Waals surface area contributed by atoms with Gasteiger partial charge in [0.15, 0.2) is 0 Å². The number of aliphatic hydroxyl groups is 1. The van der Waals surface area contributed by atoms with Crippen LogP contribution in [0.1, 0.15) is 60.0 Å². The summed E-state index contributed by atoms with van der Waals surface area (Å²) in [5, 5.41) is 36.8. The van der Waals surface area contributed by atoms with Crippen LogP contribution in [-0.2, 0) is 16.6 Å². The molecule has 4 aliphatic rings. The molecule has 4 atom stereocenters. The number of carbonyl (C=O) groups is 2. The Hall–Kier alpha value is -1.96. The number of fused-ring (bicyclic) bond motifs is 1. The lowest BCUT2D eigenvalue weighted by atomic mass is 9.49. The van der Waals surface area contributed by atoms with Crippen molar-refractivity contribution < 1.29 is 24.4 Å². The second kappa shape index (κ2) is 5.55. The van der Waals surface area contributed by atoms with Crippen molar-refractivity contribution in [2.45, 2.75) is 62.0 Å². The van der Waals surface area contributed by atoms with Gasteiger partial charge in [-0.2, -0.15) is 0 Å². The number of phenols is 1. The van der Waals surface area contributed by atoms with E-state index in [1.165, 1.54) is 6.07 Å². The number of piperidine rings is 1. The Morgan fingerprint density at radius 3 is 2.75 bits per heavy atom. The molecule has 1 aliphatic heterocycles. The quantitative estimate of drug-likeness (QED) is 0.533. The summed E-state index contributed by atoms with van der Waals surface area (Å²) in [4.78, 5) is 24.3. The van der Waals surface area contributed by atoms with Crippen molar-refractivity contribution in [3.63, 3.8) is 0 Å². The number of aromatic hydroxyl groups is 1. The number of ketones is 1. The number of carbonyl (C=O) groups excluding carboxylic acids is 2. The highest BCUT2D eigenvalue weighted by molar-refractivity contribution is 5.96. The van der Waals surface area contributed by atoms with Gasteiger partial charge in [-0.3, -0.25) is 9.59 Å². The van der Waals surface area contributed by atoms with Crippen LogP contribution in [0.15, 0.2) is 12.1 Å². The van der Waals surface area contributed by atoms with Crippen molar-refractivity contribution in [1.82, 2.24) is 0 Å². The molecule has 0 radical (unpaired) electrons. The Kier molecular flexibility index (Phi) is 3.59. The highest BCUT2D eigenvalue weighted by atomic mass is 16.6. The van der Waals surface area contributed by atoms with Crippen LogP contribution < -0.4 is 5.73 Å². The Balaban J connectivity index is 1.73. The number of likely N-dealkylation sites (tertiary alicyclic amines) is 1. The lowest BCUT2D eigenvalue weighted by Gasteiger charge is -2.67. The summed E-state index contributed by atoms with van der Waals surface area (Å²) in [6.07, 6.45) is 3.35. The molecular formula is C21H26N2O5. The first-order valence-electron chi connectivity index (χ1n) is 10.2. The third-order valence-corrected chi connectivity index (χ3v) is 7.83. The second-order valence-electron chi connectivity index (χ2n) is 9.35. The first-order chi connectivity index (χ1) is 13.2. The second-order valence-corrected chi connectivity index (χ2v) is 9.35. The fraction of sp³-hybridized carbons (Fsp3) is 0.619. The van der Waals surface area contributed by atoms with Crippen LogP contribution in [0.2, 0.25) is 0 Å². The molecule has 1 aromatic rings. The summed E-state index contributed by atoms with van der Waals surface area (Å²) in [5.41, 5.74) is 4.25. The van der Waals surface area contributed by atoms with Gasteiger partial charge in [0.2, 0.25) is 0 Å².